The van der Waals surface area contributed by atoms with Crippen molar-refractivity contribution < 1.29 is 14.3 Å². The highest BCUT2D eigenvalue weighted by Gasteiger charge is 2.14. The second-order valence-corrected chi connectivity index (χ2v) is 6.49. The van der Waals surface area contributed by atoms with Gasteiger partial charge in [0.1, 0.15) is 6.54 Å². The molecule has 2 heterocycles. The van der Waals surface area contributed by atoms with Gasteiger partial charge in [0.05, 0.1) is 11.6 Å². The Hall–Kier alpha value is -3.32. The standard InChI is InChI=1S/C20H19N3O4/c1-22-9-8-13-10-14(6-7-15(13)22)17(24)11-21-19(25)12-23-16-4-2-3-5-18(16)27-20(23)26/h2-10,17,24H,11-12H2,1H3,(H,21,25). The predicted molar refractivity (Wildman–Crippen MR) is 101 cm³/mol. The molecule has 1 atom stereocenters. The monoisotopic (exact) mass is 365 g/mol. The number of nitrogens with one attached hydrogen (secondary N) is 1. The number of hydrogen-bond acceptors (Lipinski definition) is 4. The average Bonchev–Trinajstić information content (AvgIpc) is 3.19. The molecule has 0 saturated heterocycles. The van der Waals surface area contributed by atoms with E-state index in [2.05, 4.69) is 5.32 Å². The van der Waals surface area contributed by atoms with Crippen LogP contribution in [0.15, 0.2) is 63.9 Å². The maximum atomic E-state index is 12.2. The number of para-hydroxylation sites is 2. The topological polar surface area (TPSA) is 89.4 Å². The third-order valence-electron chi connectivity index (χ3n) is 4.66. The highest BCUT2D eigenvalue weighted by Crippen LogP contribution is 2.20. The van der Waals surface area contributed by atoms with Crippen molar-refractivity contribution in [1.29, 1.82) is 0 Å². The summed E-state index contributed by atoms with van der Waals surface area (Å²) in [5, 5.41) is 14.1. The van der Waals surface area contributed by atoms with Crippen LogP contribution in [-0.4, -0.2) is 26.7 Å². The molecular formula is C20H19N3O4. The largest absolute Gasteiger partial charge is 0.420 e. The molecule has 2 aromatic heterocycles. The van der Waals surface area contributed by atoms with Crippen LogP contribution in [0.25, 0.3) is 22.0 Å². The molecule has 0 spiro atoms. The Kier molecular flexibility index (Phi) is 4.29. The highest BCUT2D eigenvalue weighted by molar-refractivity contribution is 5.81. The van der Waals surface area contributed by atoms with E-state index < -0.39 is 11.9 Å². The second-order valence-electron chi connectivity index (χ2n) is 6.49. The van der Waals surface area contributed by atoms with Gasteiger partial charge < -0.3 is 19.4 Å². The Morgan fingerprint density at radius 3 is 2.85 bits per heavy atom. The summed E-state index contributed by atoms with van der Waals surface area (Å²) < 4.78 is 8.38. The van der Waals surface area contributed by atoms with Crippen LogP contribution in [0.5, 0.6) is 0 Å². The van der Waals surface area contributed by atoms with Crippen LogP contribution in [0.3, 0.4) is 0 Å². The third-order valence-corrected chi connectivity index (χ3v) is 4.66. The number of hydrogen-bond donors (Lipinski definition) is 2. The first-order valence-electron chi connectivity index (χ1n) is 8.61. The van der Waals surface area contributed by atoms with Gasteiger partial charge in [-0.15, -0.1) is 0 Å². The van der Waals surface area contributed by atoms with Crippen molar-refractivity contribution >= 4 is 27.9 Å². The van der Waals surface area contributed by atoms with Crippen LogP contribution < -0.4 is 11.1 Å². The fourth-order valence-corrected chi connectivity index (χ4v) is 3.20. The zero-order chi connectivity index (χ0) is 19.0. The van der Waals surface area contributed by atoms with Crippen LogP contribution in [0.4, 0.5) is 0 Å². The van der Waals surface area contributed by atoms with E-state index >= 15 is 0 Å². The second kappa shape index (κ2) is 6.77. The fraction of sp³-hybridized carbons (Fsp3) is 0.200. The molecule has 138 valence electrons. The molecule has 27 heavy (non-hydrogen) atoms. The minimum absolute atomic E-state index is 0.0573. The van der Waals surface area contributed by atoms with Crippen LogP contribution in [-0.2, 0) is 18.4 Å². The summed E-state index contributed by atoms with van der Waals surface area (Å²) >= 11 is 0. The molecule has 0 aliphatic carbocycles. The Labute approximate surface area is 154 Å². The van der Waals surface area contributed by atoms with E-state index in [-0.39, 0.29) is 19.0 Å². The number of aryl methyl sites for hydroxylation is 1. The molecule has 1 unspecified atom stereocenters. The summed E-state index contributed by atoms with van der Waals surface area (Å²) in [6.07, 6.45) is 1.12. The van der Waals surface area contributed by atoms with Crippen molar-refractivity contribution in [2.24, 2.45) is 7.05 Å². The Bertz CT molecular complexity index is 1180. The maximum Gasteiger partial charge on any atom is 0.420 e. The van der Waals surface area contributed by atoms with Crippen LogP contribution in [0.1, 0.15) is 11.7 Å². The first kappa shape index (κ1) is 17.1. The van der Waals surface area contributed by atoms with E-state index in [0.717, 1.165) is 16.5 Å². The first-order chi connectivity index (χ1) is 13.0. The number of carbonyl (C=O) groups is 1. The number of aromatic nitrogens is 2. The molecule has 0 aliphatic heterocycles. The minimum Gasteiger partial charge on any atom is -0.408 e. The summed E-state index contributed by atoms with van der Waals surface area (Å²) in [4.78, 5) is 24.2. The Morgan fingerprint density at radius 2 is 2.00 bits per heavy atom. The van der Waals surface area contributed by atoms with E-state index in [0.29, 0.717) is 11.1 Å². The quantitative estimate of drug-likeness (QED) is 0.566. The molecule has 4 aromatic rings. The lowest BCUT2D eigenvalue weighted by Gasteiger charge is -2.13. The van der Waals surface area contributed by atoms with E-state index in [1.165, 1.54) is 4.57 Å². The molecule has 2 aromatic carbocycles. The molecular weight excluding hydrogens is 346 g/mol. The minimum atomic E-state index is -0.837. The van der Waals surface area contributed by atoms with Crippen LogP contribution in [0.2, 0.25) is 0 Å². The summed E-state index contributed by atoms with van der Waals surface area (Å²) in [6, 6.07) is 14.6. The lowest BCUT2D eigenvalue weighted by Crippen LogP contribution is -2.33. The smallest absolute Gasteiger partial charge is 0.408 e. The van der Waals surface area contributed by atoms with Gasteiger partial charge in [-0.2, -0.15) is 0 Å². The molecule has 0 bridgehead atoms. The summed E-state index contributed by atoms with van der Waals surface area (Å²) in [7, 11) is 1.96. The molecule has 4 rings (SSSR count). The van der Waals surface area contributed by atoms with Crippen molar-refractivity contribution in [3.63, 3.8) is 0 Å². The maximum absolute atomic E-state index is 12.2. The number of nitrogens with zero attached hydrogens (tertiary/aromatic N) is 2. The number of aliphatic hydroxyl groups excluding tert-OH is 1. The van der Waals surface area contributed by atoms with Gasteiger partial charge in [0.15, 0.2) is 5.58 Å². The van der Waals surface area contributed by atoms with Crippen molar-refractivity contribution in [3.05, 3.63) is 70.8 Å². The molecule has 1 amide bonds. The number of fused-ring (bicyclic) bond motifs is 2. The van der Waals surface area contributed by atoms with Crippen molar-refractivity contribution in [2.45, 2.75) is 12.6 Å². The Morgan fingerprint density at radius 1 is 1.19 bits per heavy atom. The van der Waals surface area contributed by atoms with E-state index in [1.54, 1.807) is 24.3 Å². The number of carbonyl (C=O) groups excluding carboxylic acids is 1. The number of aliphatic hydroxyl groups is 1. The van der Waals surface area contributed by atoms with Crippen molar-refractivity contribution in [1.82, 2.24) is 14.5 Å². The summed E-state index contributed by atoms with van der Waals surface area (Å²) in [5.41, 5.74) is 2.79. The van der Waals surface area contributed by atoms with Gasteiger partial charge in [-0.05, 0) is 41.3 Å². The van der Waals surface area contributed by atoms with Gasteiger partial charge in [0.2, 0.25) is 5.91 Å². The number of amides is 1. The highest BCUT2D eigenvalue weighted by atomic mass is 16.4. The lowest BCUT2D eigenvalue weighted by atomic mass is 10.1. The SMILES string of the molecule is Cn1ccc2cc(C(O)CNC(=O)Cn3c(=O)oc4ccccc43)ccc21. The zero-order valence-electron chi connectivity index (χ0n) is 14.8. The van der Waals surface area contributed by atoms with Gasteiger partial charge in [-0.25, -0.2) is 4.79 Å². The van der Waals surface area contributed by atoms with Crippen molar-refractivity contribution in [3.8, 4) is 0 Å². The normalized spacial score (nSPS) is 12.5. The third kappa shape index (κ3) is 3.24. The summed E-state index contributed by atoms with van der Waals surface area (Å²) in [6.45, 7) is -0.109. The number of oxazole rings is 1. The van der Waals surface area contributed by atoms with E-state index in [9.17, 15) is 14.7 Å². The van der Waals surface area contributed by atoms with Crippen LogP contribution in [0, 0.1) is 0 Å². The first-order valence-corrected chi connectivity index (χ1v) is 8.61. The number of benzene rings is 2. The number of rotatable bonds is 5. The molecule has 0 radical (unpaired) electrons. The predicted octanol–water partition coefficient (Wildman–Crippen LogP) is 1.94. The summed E-state index contributed by atoms with van der Waals surface area (Å²) in [5.74, 6) is -0.954. The Balaban J connectivity index is 1.43. The van der Waals surface area contributed by atoms with Crippen LogP contribution >= 0.6 is 0 Å². The molecule has 0 saturated carbocycles. The molecule has 0 fully saturated rings. The van der Waals surface area contributed by atoms with Gasteiger partial charge >= 0.3 is 5.76 Å². The lowest BCUT2D eigenvalue weighted by molar-refractivity contribution is -0.122. The molecule has 2 N–H and O–H groups in total. The van der Waals surface area contributed by atoms with Gasteiger partial charge in [0.25, 0.3) is 0 Å². The van der Waals surface area contributed by atoms with Gasteiger partial charge in [-0.3, -0.25) is 9.36 Å². The zero-order valence-corrected chi connectivity index (χ0v) is 14.8. The molecule has 7 nitrogen and oxygen atoms in total. The van der Waals surface area contributed by atoms with E-state index in [4.69, 9.17) is 4.42 Å². The fourth-order valence-electron chi connectivity index (χ4n) is 3.20. The average molecular weight is 365 g/mol. The van der Waals surface area contributed by atoms with Crippen molar-refractivity contribution in [2.75, 3.05) is 6.54 Å². The van der Waals surface area contributed by atoms with E-state index in [1.807, 2.05) is 42.1 Å². The van der Waals surface area contributed by atoms with Gasteiger partial charge in [-0.1, -0.05) is 18.2 Å². The van der Waals surface area contributed by atoms with Gasteiger partial charge in [0, 0.05) is 25.3 Å². The molecule has 7 heteroatoms. The molecule has 0 aliphatic rings.